The highest BCUT2D eigenvalue weighted by molar-refractivity contribution is 7.99. The molecule has 0 bridgehead atoms. The highest BCUT2D eigenvalue weighted by Gasteiger charge is 2.32. The highest BCUT2D eigenvalue weighted by atomic mass is 32.2. The van der Waals surface area contributed by atoms with Crippen molar-refractivity contribution in [1.82, 2.24) is 5.32 Å². The average Bonchev–Trinajstić information content (AvgIpc) is 2.35. The van der Waals surface area contributed by atoms with Crippen molar-refractivity contribution in [2.75, 3.05) is 26.0 Å². The molecule has 108 valence electrons. The summed E-state index contributed by atoms with van der Waals surface area (Å²) in [6, 6.07) is 0. The van der Waals surface area contributed by atoms with Gasteiger partial charge in [-0.25, -0.2) is 0 Å². The number of thioether (sulfide) groups is 1. The Morgan fingerprint density at radius 3 is 2.72 bits per heavy atom. The molecule has 0 fully saturated rings. The molecule has 0 aliphatic rings. The number of esters is 1. The van der Waals surface area contributed by atoms with Gasteiger partial charge in [0.25, 0.3) is 0 Å². The van der Waals surface area contributed by atoms with Gasteiger partial charge in [0.15, 0.2) is 0 Å². The third-order valence-corrected chi connectivity index (χ3v) is 4.37. The molecule has 18 heavy (non-hydrogen) atoms. The number of aliphatic hydroxyl groups is 1. The quantitative estimate of drug-likeness (QED) is 0.471. The molecule has 0 saturated heterocycles. The molecule has 2 atom stereocenters. The van der Waals surface area contributed by atoms with E-state index >= 15 is 0 Å². The van der Waals surface area contributed by atoms with Gasteiger partial charge in [0.2, 0.25) is 0 Å². The van der Waals surface area contributed by atoms with E-state index in [1.807, 2.05) is 25.6 Å². The summed E-state index contributed by atoms with van der Waals surface area (Å²) in [5.41, 5.74) is -0.587. The predicted molar refractivity (Wildman–Crippen MR) is 77.0 cm³/mol. The van der Waals surface area contributed by atoms with E-state index < -0.39 is 5.54 Å². The van der Waals surface area contributed by atoms with Crippen LogP contribution in [0.5, 0.6) is 0 Å². The number of carbonyl (C=O) groups excluding carboxylic acids is 1. The minimum Gasteiger partial charge on any atom is -0.465 e. The van der Waals surface area contributed by atoms with E-state index in [0.717, 1.165) is 25.0 Å². The van der Waals surface area contributed by atoms with Gasteiger partial charge < -0.3 is 15.2 Å². The van der Waals surface area contributed by atoms with Crippen LogP contribution in [0.1, 0.15) is 40.0 Å². The first-order chi connectivity index (χ1) is 8.50. The summed E-state index contributed by atoms with van der Waals surface area (Å²) in [6.07, 6.45) is 2.55. The molecule has 0 aliphatic heterocycles. The van der Waals surface area contributed by atoms with Crippen LogP contribution in [0.2, 0.25) is 0 Å². The van der Waals surface area contributed by atoms with Crippen molar-refractivity contribution in [2.45, 2.75) is 50.8 Å². The summed E-state index contributed by atoms with van der Waals surface area (Å²) in [5, 5.41) is 12.3. The van der Waals surface area contributed by atoms with Crippen LogP contribution in [0.3, 0.4) is 0 Å². The minimum atomic E-state index is -0.587. The zero-order valence-electron chi connectivity index (χ0n) is 12.0. The molecule has 0 radical (unpaired) electrons. The lowest BCUT2D eigenvalue weighted by Crippen LogP contribution is -2.48. The Morgan fingerprint density at radius 1 is 1.56 bits per heavy atom. The van der Waals surface area contributed by atoms with Gasteiger partial charge >= 0.3 is 5.97 Å². The Bertz CT molecular complexity index is 238. The first-order valence-electron chi connectivity index (χ1n) is 6.58. The summed E-state index contributed by atoms with van der Waals surface area (Å²) in [4.78, 5) is 11.8. The van der Waals surface area contributed by atoms with Crippen LogP contribution in [-0.2, 0) is 9.53 Å². The molecule has 0 rings (SSSR count). The molecule has 0 spiro atoms. The molecule has 2 N–H and O–H groups in total. The van der Waals surface area contributed by atoms with Crippen LogP contribution in [-0.4, -0.2) is 47.9 Å². The number of hydrogen-bond donors (Lipinski definition) is 2. The monoisotopic (exact) mass is 277 g/mol. The third-order valence-electron chi connectivity index (χ3n) is 3.04. The largest absolute Gasteiger partial charge is 0.465 e. The molecule has 0 heterocycles. The van der Waals surface area contributed by atoms with Gasteiger partial charge in [-0.1, -0.05) is 6.92 Å². The van der Waals surface area contributed by atoms with Gasteiger partial charge in [-0.15, -0.1) is 0 Å². The smallest absolute Gasteiger partial charge is 0.326 e. The zero-order chi connectivity index (χ0) is 14.0. The van der Waals surface area contributed by atoms with Crippen molar-refractivity contribution in [3.63, 3.8) is 0 Å². The van der Waals surface area contributed by atoms with E-state index in [-0.39, 0.29) is 12.6 Å². The molecule has 0 amide bonds. The Labute approximate surface area is 115 Å². The fourth-order valence-electron chi connectivity index (χ4n) is 1.59. The highest BCUT2D eigenvalue weighted by Crippen LogP contribution is 2.20. The van der Waals surface area contributed by atoms with Crippen molar-refractivity contribution in [3.8, 4) is 0 Å². The summed E-state index contributed by atoms with van der Waals surface area (Å²) >= 11 is 1.84. The topological polar surface area (TPSA) is 58.6 Å². The van der Waals surface area contributed by atoms with Crippen molar-refractivity contribution >= 4 is 17.7 Å². The van der Waals surface area contributed by atoms with E-state index in [9.17, 15) is 4.79 Å². The Morgan fingerprint density at radius 2 is 2.22 bits per heavy atom. The standard InChI is InChI=1S/C13H27NO3S/c1-5-17-12(16)13(3,14-4)8-6-10-18-11(2)7-9-15/h11,14-15H,5-10H2,1-4H3. The second kappa shape index (κ2) is 9.64. The van der Waals surface area contributed by atoms with Gasteiger partial charge in [0.05, 0.1) is 6.61 Å². The van der Waals surface area contributed by atoms with Crippen molar-refractivity contribution in [2.24, 2.45) is 0 Å². The predicted octanol–water partition coefficient (Wildman–Crippen LogP) is 1.81. The van der Waals surface area contributed by atoms with Gasteiger partial charge in [-0.2, -0.15) is 11.8 Å². The number of hydrogen-bond acceptors (Lipinski definition) is 5. The number of aliphatic hydroxyl groups excluding tert-OH is 1. The third kappa shape index (κ3) is 6.61. The summed E-state index contributed by atoms with van der Waals surface area (Å²) < 4.78 is 5.07. The van der Waals surface area contributed by atoms with Crippen LogP contribution >= 0.6 is 11.8 Å². The van der Waals surface area contributed by atoms with Crippen molar-refractivity contribution in [3.05, 3.63) is 0 Å². The molecule has 0 saturated carbocycles. The van der Waals surface area contributed by atoms with Gasteiger partial charge in [-0.3, -0.25) is 4.79 Å². The van der Waals surface area contributed by atoms with E-state index in [2.05, 4.69) is 12.2 Å². The van der Waals surface area contributed by atoms with Crippen LogP contribution in [0, 0.1) is 0 Å². The van der Waals surface area contributed by atoms with E-state index in [0.29, 0.717) is 11.9 Å². The van der Waals surface area contributed by atoms with Gasteiger partial charge in [0.1, 0.15) is 5.54 Å². The van der Waals surface area contributed by atoms with Crippen LogP contribution < -0.4 is 5.32 Å². The maximum absolute atomic E-state index is 11.8. The lowest BCUT2D eigenvalue weighted by molar-refractivity contribution is -0.150. The second-order valence-electron chi connectivity index (χ2n) is 4.60. The molecule has 0 aromatic carbocycles. The number of rotatable bonds is 10. The fourth-order valence-corrected chi connectivity index (χ4v) is 2.58. The van der Waals surface area contributed by atoms with E-state index in [4.69, 9.17) is 9.84 Å². The maximum atomic E-state index is 11.8. The van der Waals surface area contributed by atoms with Crippen LogP contribution in [0.4, 0.5) is 0 Å². The number of carbonyl (C=O) groups is 1. The molecule has 0 aromatic heterocycles. The Hall–Kier alpha value is -0.260. The lowest BCUT2D eigenvalue weighted by Gasteiger charge is -2.26. The summed E-state index contributed by atoms with van der Waals surface area (Å²) in [7, 11) is 1.79. The first kappa shape index (κ1) is 17.7. The SMILES string of the molecule is CCOC(=O)C(C)(CCCSC(C)CCO)NC. The molecular formula is C13H27NO3S. The zero-order valence-corrected chi connectivity index (χ0v) is 12.8. The molecule has 5 heteroatoms. The second-order valence-corrected chi connectivity index (χ2v) is 6.15. The van der Waals surface area contributed by atoms with Crippen molar-refractivity contribution < 1.29 is 14.6 Å². The molecule has 2 unspecified atom stereocenters. The average molecular weight is 277 g/mol. The first-order valence-corrected chi connectivity index (χ1v) is 7.63. The molecule has 4 nitrogen and oxygen atoms in total. The normalized spacial score (nSPS) is 16.1. The molecule has 0 aromatic rings. The van der Waals surface area contributed by atoms with E-state index in [1.165, 1.54) is 0 Å². The molecular weight excluding hydrogens is 250 g/mol. The van der Waals surface area contributed by atoms with Gasteiger partial charge in [0, 0.05) is 11.9 Å². The van der Waals surface area contributed by atoms with Crippen LogP contribution in [0.25, 0.3) is 0 Å². The van der Waals surface area contributed by atoms with E-state index in [1.54, 1.807) is 7.05 Å². The fraction of sp³-hybridized carbons (Fsp3) is 0.923. The Kier molecular flexibility index (Phi) is 9.50. The number of ether oxygens (including phenoxy) is 1. The lowest BCUT2D eigenvalue weighted by atomic mass is 9.97. The van der Waals surface area contributed by atoms with Gasteiger partial charge in [-0.05, 0) is 45.9 Å². The van der Waals surface area contributed by atoms with Crippen molar-refractivity contribution in [1.29, 1.82) is 0 Å². The minimum absolute atomic E-state index is 0.180. The summed E-state index contributed by atoms with van der Waals surface area (Å²) in [6.45, 7) is 6.47. The number of nitrogens with one attached hydrogen (secondary N) is 1. The summed E-state index contributed by atoms with van der Waals surface area (Å²) in [5.74, 6) is 0.818. The van der Waals surface area contributed by atoms with Crippen LogP contribution in [0.15, 0.2) is 0 Å². The Balaban J connectivity index is 3.96. The molecule has 0 aliphatic carbocycles. The number of likely N-dealkylation sites (N-methyl/N-ethyl adjacent to an activating group) is 1. The maximum Gasteiger partial charge on any atom is 0.326 e.